The maximum absolute atomic E-state index is 11.9. The summed E-state index contributed by atoms with van der Waals surface area (Å²) >= 11 is 6.39. The smallest absolute Gasteiger partial charge is 0.793 e. The van der Waals surface area contributed by atoms with Gasteiger partial charge >= 0.3 is 21.1 Å². The molecule has 0 bridgehead atoms. The van der Waals surface area contributed by atoms with E-state index in [0.29, 0.717) is 6.61 Å². The average Bonchev–Trinajstić information content (AvgIpc) is 2.38. The molecule has 0 aromatic carbocycles. The standard InChI is InChI=1S/C14H31O2PS2.Mo/c1-3-5-7-9-11-13-16-17(15,18)19-14-12-10-8-6-4-2;/h3-14H2,1-2H3,(H,15,18);/q;+1/p-1. The van der Waals surface area contributed by atoms with Crippen molar-refractivity contribution in [3.05, 3.63) is 0 Å². The number of hydrogen-bond acceptors (Lipinski definition) is 4. The Balaban J connectivity index is 0. The fourth-order valence-corrected chi connectivity index (χ4v) is 5.19. The molecule has 1 unspecified atom stereocenters. The summed E-state index contributed by atoms with van der Waals surface area (Å²) in [6, 6.07) is 0. The van der Waals surface area contributed by atoms with Crippen molar-refractivity contribution in [2.45, 2.75) is 78.1 Å². The monoisotopic (exact) mass is 423 g/mol. The summed E-state index contributed by atoms with van der Waals surface area (Å²) in [5, 5.41) is 0. The van der Waals surface area contributed by atoms with Crippen LogP contribution in [0.15, 0.2) is 0 Å². The largest absolute Gasteiger partial charge is 1.00 e. The van der Waals surface area contributed by atoms with Gasteiger partial charge in [0.1, 0.15) is 0 Å². The van der Waals surface area contributed by atoms with Crippen molar-refractivity contribution in [2.24, 2.45) is 0 Å². The van der Waals surface area contributed by atoms with E-state index in [0.717, 1.165) is 25.0 Å². The molecule has 0 fully saturated rings. The molecule has 0 aliphatic carbocycles. The molecule has 2 nitrogen and oxygen atoms in total. The van der Waals surface area contributed by atoms with Crippen molar-refractivity contribution in [1.82, 2.24) is 0 Å². The fraction of sp³-hybridized carbons (Fsp3) is 1.00. The number of hydrogen-bond donors (Lipinski definition) is 0. The first kappa shape index (κ1) is 23.9. The van der Waals surface area contributed by atoms with E-state index in [1.165, 1.54) is 56.3 Å². The molecule has 6 heteroatoms. The molecule has 20 heavy (non-hydrogen) atoms. The molecular formula is C14H30MoO2PS2. The molecule has 0 rings (SSSR count). The summed E-state index contributed by atoms with van der Waals surface area (Å²) in [5.41, 5.74) is -2.80. The van der Waals surface area contributed by atoms with Crippen LogP contribution in [0.4, 0.5) is 0 Å². The van der Waals surface area contributed by atoms with Gasteiger partial charge in [0.15, 0.2) is 0 Å². The van der Waals surface area contributed by atoms with E-state index in [2.05, 4.69) is 13.8 Å². The summed E-state index contributed by atoms with van der Waals surface area (Å²) in [5.74, 6) is 0.875. The van der Waals surface area contributed by atoms with Crippen LogP contribution in [0.2, 0.25) is 0 Å². The second-order valence-electron chi connectivity index (χ2n) is 4.94. The second kappa shape index (κ2) is 17.0. The minimum atomic E-state index is -2.80. The normalized spacial score (nSPS) is 13.8. The number of unbranched alkanes of at least 4 members (excludes halogenated alkanes) is 8. The molecule has 0 amide bonds. The third kappa shape index (κ3) is 17.7. The van der Waals surface area contributed by atoms with Crippen molar-refractivity contribution in [2.75, 3.05) is 12.4 Å². The van der Waals surface area contributed by atoms with Crippen LogP contribution in [0.1, 0.15) is 78.1 Å². The minimum Gasteiger partial charge on any atom is -0.793 e. The second-order valence-corrected chi connectivity index (χ2v) is 11.1. The van der Waals surface area contributed by atoms with Crippen molar-refractivity contribution in [3.63, 3.8) is 0 Å². The van der Waals surface area contributed by atoms with Crippen LogP contribution in [0.25, 0.3) is 0 Å². The molecule has 0 aliphatic rings. The van der Waals surface area contributed by atoms with Gasteiger partial charge in [0.25, 0.3) is 0 Å². The van der Waals surface area contributed by atoms with Gasteiger partial charge < -0.3 is 9.42 Å². The Morgan fingerprint density at radius 1 is 0.900 bits per heavy atom. The fourth-order valence-electron chi connectivity index (χ4n) is 1.80. The minimum absolute atomic E-state index is 0. The van der Waals surface area contributed by atoms with Gasteiger partial charge in [-0.3, -0.25) is 0 Å². The van der Waals surface area contributed by atoms with Crippen molar-refractivity contribution in [3.8, 4) is 0 Å². The van der Waals surface area contributed by atoms with Crippen LogP contribution in [0, 0.1) is 0 Å². The molecular weight excluding hydrogens is 391 g/mol. The van der Waals surface area contributed by atoms with Crippen LogP contribution >= 0.6 is 17.1 Å². The van der Waals surface area contributed by atoms with Crippen molar-refractivity contribution >= 4 is 28.9 Å². The molecule has 0 spiro atoms. The molecule has 0 aromatic heterocycles. The van der Waals surface area contributed by atoms with Crippen LogP contribution in [0.5, 0.6) is 0 Å². The molecule has 121 valence electrons. The Morgan fingerprint density at radius 2 is 1.40 bits per heavy atom. The van der Waals surface area contributed by atoms with E-state index in [4.69, 9.17) is 16.3 Å². The Hall–Kier alpha value is 1.61. The quantitative estimate of drug-likeness (QED) is 0.218. The SMILES string of the molecule is CCCCCCCOP([O-])(=S)SCCCCCCC.[Mo+]. The molecule has 1 atom stereocenters. The first-order valence-electron chi connectivity index (χ1n) is 7.72. The van der Waals surface area contributed by atoms with Crippen molar-refractivity contribution < 1.29 is 30.5 Å². The van der Waals surface area contributed by atoms with E-state index in [-0.39, 0.29) is 21.1 Å². The van der Waals surface area contributed by atoms with E-state index in [1.807, 2.05) is 0 Å². The van der Waals surface area contributed by atoms with Gasteiger partial charge in [-0.2, -0.15) is 0 Å². The van der Waals surface area contributed by atoms with Gasteiger partial charge in [0, 0.05) is 5.69 Å². The van der Waals surface area contributed by atoms with Crippen LogP contribution in [-0.2, 0) is 37.4 Å². The zero-order valence-corrected chi connectivity index (χ0v) is 17.5. The van der Waals surface area contributed by atoms with E-state index in [1.54, 1.807) is 0 Å². The first-order chi connectivity index (χ1) is 9.12. The Kier molecular flexibility index (Phi) is 20.3. The predicted molar refractivity (Wildman–Crippen MR) is 90.2 cm³/mol. The van der Waals surface area contributed by atoms with Gasteiger partial charge in [-0.05, 0) is 18.6 Å². The van der Waals surface area contributed by atoms with Gasteiger partial charge in [0.05, 0.1) is 6.61 Å². The molecule has 1 radical (unpaired) electrons. The van der Waals surface area contributed by atoms with Crippen LogP contribution in [-0.4, -0.2) is 12.4 Å². The summed E-state index contributed by atoms with van der Waals surface area (Å²) in [6.07, 6.45) is 12.1. The van der Waals surface area contributed by atoms with Crippen LogP contribution in [0.3, 0.4) is 0 Å². The van der Waals surface area contributed by atoms with Crippen LogP contribution < -0.4 is 4.89 Å². The molecule has 0 aromatic rings. The Labute approximate surface area is 149 Å². The van der Waals surface area contributed by atoms with E-state index < -0.39 is 5.69 Å². The number of rotatable bonds is 14. The molecule has 0 saturated heterocycles. The van der Waals surface area contributed by atoms with E-state index in [9.17, 15) is 4.89 Å². The van der Waals surface area contributed by atoms with E-state index >= 15 is 0 Å². The summed E-state index contributed by atoms with van der Waals surface area (Å²) in [6.45, 7) is 4.97. The molecule has 0 saturated carbocycles. The molecule has 0 heterocycles. The first-order valence-corrected chi connectivity index (χ1v) is 12.0. The summed E-state index contributed by atoms with van der Waals surface area (Å²) in [7, 11) is 0. The van der Waals surface area contributed by atoms with Gasteiger partial charge in [-0.1, -0.05) is 77.0 Å². The summed E-state index contributed by atoms with van der Waals surface area (Å²) in [4.78, 5) is 11.9. The Bertz CT molecular complexity index is 223. The molecule has 0 N–H and O–H groups in total. The zero-order chi connectivity index (χ0) is 14.4. The Morgan fingerprint density at radius 3 is 1.95 bits per heavy atom. The molecule has 0 aliphatic heterocycles. The third-order valence-corrected chi connectivity index (χ3v) is 7.36. The zero-order valence-electron chi connectivity index (χ0n) is 13.0. The maximum Gasteiger partial charge on any atom is 1.00 e. The van der Waals surface area contributed by atoms with Gasteiger partial charge in [-0.25, -0.2) is 0 Å². The average molecular weight is 421 g/mol. The van der Waals surface area contributed by atoms with Crippen molar-refractivity contribution in [1.29, 1.82) is 0 Å². The van der Waals surface area contributed by atoms with Gasteiger partial charge in [0.2, 0.25) is 0 Å². The summed E-state index contributed by atoms with van der Waals surface area (Å²) < 4.78 is 5.37. The van der Waals surface area contributed by atoms with Gasteiger partial charge in [-0.15, -0.1) is 11.4 Å². The maximum atomic E-state index is 11.9. The predicted octanol–water partition coefficient (Wildman–Crippen LogP) is 5.26. The topological polar surface area (TPSA) is 32.3 Å². The third-order valence-electron chi connectivity index (χ3n) is 2.99.